The van der Waals surface area contributed by atoms with Crippen molar-refractivity contribution in [2.75, 3.05) is 0 Å². The number of aromatic amines is 1. The fourth-order valence-electron chi connectivity index (χ4n) is 3.74. The molecule has 3 aromatic carbocycles. The standard InChI is InChI=1S/C20H14BrN/c21-16-11-18-20(15-8-4-3-7-14(15)16)19-13-6-2-1-5-12(13)9-10-17(19)22-18/h1-2,4-6,8-11,22H,3,7H2. The highest BCUT2D eigenvalue weighted by Crippen LogP contribution is 2.40. The molecule has 22 heavy (non-hydrogen) atoms. The van der Waals surface area contributed by atoms with Crippen LogP contribution in [0.25, 0.3) is 38.7 Å². The molecule has 0 radical (unpaired) electrons. The first kappa shape index (κ1) is 12.5. The molecule has 0 saturated heterocycles. The second kappa shape index (κ2) is 4.47. The van der Waals surface area contributed by atoms with E-state index < -0.39 is 0 Å². The number of H-pyrrole nitrogens is 1. The van der Waals surface area contributed by atoms with E-state index in [0.29, 0.717) is 0 Å². The van der Waals surface area contributed by atoms with E-state index >= 15 is 0 Å². The van der Waals surface area contributed by atoms with Gasteiger partial charge in [-0.3, -0.25) is 0 Å². The molecule has 0 spiro atoms. The summed E-state index contributed by atoms with van der Waals surface area (Å²) in [5.74, 6) is 0. The minimum Gasteiger partial charge on any atom is -0.354 e. The van der Waals surface area contributed by atoms with Crippen LogP contribution in [0.5, 0.6) is 0 Å². The fourth-order valence-corrected chi connectivity index (χ4v) is 4.38. The Labute approximate surface area is 136 Å². The minimum atomic E-state index is 1.11. The topological polar surface area (TPSA) is 15.8 Å². The molecule has 1 aliphatic rings. The number of fused-ring (bicyclic) bond motifs is 7. The summed E-state index contributed by atoms with van der Waals surface area (Å²) in [4.78, 5) is 3.60. The molecule has 4 aromatic rings. The SMILES string of the molecule is Brc1cc2[nH]c3ccc4ccccc4c3c2c2c1CCC=C2. The third kappa shape index (κ3) is 1.59. The molecule has 0 amide bonds. The van der Waals surface area contributed by atoms with Crippen molar-refractivity contribution < 1.29 is 0 Å². The summed E-state index contributed by atoms with van der Waals surface area (Å²) in [6.45, 7) is 0. The average Bonchev–Trinajstić information content (AvgIpc) is 2.94. The molecule has 0 fully saturated rings. The number of allylic oxidation sites excluding steroid dienone is 1. The molecule has 0 unspecified atom stereocenters. The summed E-state index contributed by atoms with van der Waals surface area (Å²) in [6.07, 6.45) is 6.82. The van der Waals surface area contributed by atoms with Gasteiger partial charge in [0.25, 0.3) is 0 Å². The molecule has 0 saturated carbocycles. The summed E-state index contributed by atoms with van der Waals surface area (Å²) in [7, 11) is 0. The van der Waals surface area contributed by atoms with Crippen molar-refractivity contribution >= 4 is 54.6 Å². The molecule has 106 valence electrons. The number of rotatable bonds is 0. The van der Waals surface area contributed by atoms with E-state index in [1.807, 2.05) is 0 Å². The van der Waals surface area contributed by atoms with Crippen LogP contribution in [0.2, 0.25) is 0 Å². The molecule has 0 aliphatic heterocycles. The third-order valence-electron chi connectivity index (χ3n) is 4.72. The second-order valence-electron chi connectivity index (χ2n) is 5.95. The van der Waals surface area contributed by atoms with Gasteiger partial charge < -0.3 is 4.98 Å². The second-order valence-corrected chi connectivity index (χ2v) is 6.80. The molecule has 0 bridgehead atoms. The van der Waals surface area contributed by atoms with Crippen LogP contribution in [0, 0.1) is 0 Å². The number of nitrogens with one attached hydrogen (secondary N) is 1. The maximum Gasteiger partial charge on any atom is 0.0482 e. The molecule has 1 nitrogen and oxygen atoms in total. The van der Waals surface area contributed by atoms with Gasteiger partial charge in [0.2, 0.25) is 0 Å². The van der Waals surface area contributed by atoms with Gasteiger partial charge in [0.15, 0.2) is 0 Å². The van der Waals surface area contributed by atoms with E-state index in [9.17, 15) is 0 Å². The van der Waals surface area contributed by atoms with E-state index in [-0.39, 0.29) is 0 Å². The minimum absolute atomic E-state index is 1.11. The zero-order valence-corrected chi connectivity index (χ0v) is 13.6. The van der Waals surface area contributed by atoms with Crippen LogP contribution in [0.4, 0.5) is 0 Å². The van der Waals surface area contributed by atoms with Crippen molar-refractivity contribution in [1.29, 1.82) is 0 Å². The van der Waals surface area contributed by atoms with E-state index in [4.69, 9.17) is 0 Å². The first-order chi connectivity index (χ1) is 10.8. The van der Waals surface area contributed by atoms with Crippen molar-refractivity contribution in [3.63, 3.8) is 0 Å². The molecule has 1 aromatic heterocycles. The highest BCUT2D eigenvalue weighted by molar-refractivity contribution is 9.10. The lowest BCUT2D eigenvalue weighted by atomic mass is 9.92. The van der Waals surface area contributed by atoms with Crippen LogP contribution in [0.15, 0.2) is 53.0 Å². The smallest absolute Gasteiger partial charge is 0.0482 e. The van der Waals surface area contributed by atoms with Gasteiger partial charge in [-0.1, -0.05) is 58.4 Å². The van der Waals surface area contributed by atoms with Gasteiger partial charge in [-0.15, -0.1) is 0 Å². The Morgan fingerprint density at radius 3 is 2.82 bits per heavy atom. The summed E-state index contributed by atoms with van der Waals surface area (Å²) < 4.78 is 1.22. The highest BCUT2D eigenvalue weighted by Gasteiger charge is 2.17. The maximum absolute atomic E-state index is 3.76. The van der Waals surface area contributed by atoms with E-state index in [2.05, 4.69) is 75.5 Å². The summed E-state index contributed by atoms with van der Waals surface area (Å²) in [6, 6.07) is 15.3. The van der Waals surface area contributed by atoms with Crippen molar-refractivity contribution in [2.24, 2.45) is 0 Å². The Morgan fingerprint density at radius 1 is 0.955 bits per heavy atom. The van der Waals surface area contributed by atoms with Gasteiger partial charge in [0.05, 0.1) is 0 Å². The Kier molecular flexibility index (Phi) is 2.53. The number of hydrogen-bond acceptors (Lipinski definition) is 0. The molecule has 1 aliphatic carbocycles. The van der Waals surface area contributed by atoms with E-state index in [0.717, 1.165) is 12.8 Å². The molecule has 0 atom stereocenters. The van der Waals surface area contributed by atoms with Crippen LogP contribution in [0.3, 0.4) is 0 Å². The van der Waals surface area contributed by atoms with Crippen LogP contribution >= 0.6 is 15.9 Å². The monoisotopic (exact) mass is 347 g/mol. The van der Waals surface area contributed by atoms with Gasteiger partial charge in [-0.2, -0.15) is 0 Å². The lowest BCUT2D eigenvalue weighted by Crippen LogP contribution is -1.96. The predicted molar refractivity (Wildman–Crippen MR) is 98.4 cm³/mol. The number of aromatic nitrogens is 1. The summed E-state index contributed by atoms with van der Waals surface area (Å²) >= 11 is 3.76. The number of halogens is 1. The van der Waals surface area contributed by atoms with Gasteiger partial charge in [0, 0.05) is 26.3 Å². The van der Waals surface area contributed by atoms with Gasteiger partial charge in [0.1, 0.15) is 0 Å². The van der Waals surface area contributed by atoms with Gasteiger partial charge in [-0.05, 0) is 46.9 Å². The zero-order chi connectivity index (χ0) is 14.7. The molecule has 5 rings (SSSR count). The molecular formula is C20H14BrN. The molecule has 1 N–H and O–H groups in total. The van der Waals surface area contributed by atoms with Crippen LogP contribution in [-0.2, 0) is 6.42 Å². The lowest BCUT2D eigenvalue weighted by molar-refractivity contribution is 0.983. The number of benzene rings is 3. The molecule has 1 heterocycles. The largest absolute Gasteiger partial charge is 0.354 e. The molecule has 2 heteroatoms. The van der Waals surface area contributed by atoms with Crippen LogP contribution < -0.4 is 0 Å². The normalized spacial score (nSPS) is 14.0. The van der Waals surface area contributed by atoms with Gasteiger partial charge in [-0.25, -0.2) is 0 Å². The summed E-state index contributed by atoms with van der Waals surface area (Å²) in [5.41, 5.74) is 5.23. The van der Waals surface area contributed by atoms with E-state index in [1.165, 1.54) is 48.2 Å². The van der Waals surface area contributed by atoms with Gasteiger partial charge >= 0.3 is 0 Å². The maximum atomic E-state index is 3.76. The Hall–Kier alpha value is -2.06. The quantitative estimate of drug-likeness (QED) is 0.390. The van der Waals surface area contributed by atoms with Crippen LogP contribution in [-0.4, -0.2) is 4.98 Å². The number of hydrogen-bond donors (Lipinski definition) is 1. The first-order valence-electron chi connectivity index (χ1n) is 7.64. The predicted octanol–water partition coefficient (Wildman–Crippen LogP) is 6.20. The average molecular weight is 348 g/mol. The Bertz CT molecular complexity index is 1090. The summed E-state index contributed by atoms with van der Waals surface area (Å²) in [5, 5.41) is 5.34. The zero-order valence-electron chi connectivity index (χ0n) is 12.0. The molecular weight excluding hydrogens is 334 g/mol. The Balaban J connectivity index is 2.10. The van der Waals surface area contributed by atoms with Crippen molar-refractivity contribution in [3.8, 4) is 0 Å². The van der Waals surface area contributed by atoms with Crippen molar-refractivity contribution in [2.45, 2.75) is 12.8 Å². The fraction of sp³-hybridized carbons (Fsp3) is 0.100. The first-order valence-corrected chi connectivity index (χ1v) is 8.43. The highest BCUT2D eigenvalue weighted by atomic mass is 79.9. The third-order valence-corrected chi connectivity index (χ3v) is 5.42. The van der Waals surface area contributed by atoms with E-state index in [1.54, 1.807) is 0 Å². The van der Waals surface area contributed by atoms with Crippen LogP contribution in [0.1, 0.15) is 17.5 Å². The van der Waals surface area contributed by atoms with Crippen molar-refractivity contribution in [1.82, 2.24) is 4.98 Å². The Morgan fingerprint density at radius 2 is 1.86 bits per heavy atom. The lowest BCUT2D eigenvalue weighted by Gasteiger charge is -2.14. The van der Waals surface area contributed by atoms with Crippen molar-refractivity contribution in [3.05, 3.63) is 64.1 Å².